The molecule has 2 rings (SSSR count). The standard InChI is InChI=1S/C12H14BrN3O/c1-2-16-8-10(6-15-16)9-17-12-4-3-11(5-13)14-7-12/h3-4,6-8H,2,5,9H2,1H3. The Bertz CT molecular complexity index is 467. The summed E-state index contributed by atoms with van der Waals surface area (Å²) in [5, 5.41) is 4.95. The van der Waals surface area contributed by atoms with Gasteiger partial charge in [0.2, 0.25) is 0 Å². The summed E-state index contributed by atoms with van der Waals surface area (Å²) < 4.78 is 7.50. The summed E-state index contributed by atoms with van der Waals surface area (Å²) >= 11 is 3.35. The number of rotatable bonds is 5. The van der Waals surface area contributed by atoms with E-state index in [4.69, 9.17) is 4.74 Å². The minimum atomic E-state index is 0.523. The van der Waals surface area contributed by atoms with Gasteiger partial charge in [0.05, 0.1) is 18.1 Å². The molecule has 0 aliphatic heterocycles. The number of hydrogen-bond donors (Lipinski definition) is 0. The first-order chi connectivity index (χ1) is 8.31. The molecule has 2 heterocycles. The van der Waals surface area contributed by atoms with Crippen molar-refractivity contribution in [3.05, 3.63) is 42.0 Å². The Morgan fingerprint density at radius 2 is 2.24 bits per heavy atom. The van der Waals surface area contributed by atoms with Gasteiger partial charge in [0.15, 0.2) is 0 Å². The van der Waals surface area contributed by atoms with Crippen LogP contribution in [0.25, 0.3) is 0 Å². The van der Waals surface area contributed by atoms with Crippen molar-refractivity contribution in [3.63, 3.8) is 0 Å². The minimum absolute atomic E-state index is 0.523. The molecule has 0 N–H and O–H groups in total. The van der Waals surface area contributed by atoms with Crippen molar-refractivity contribution in [3.8, 4) is 5.75 Å². The van der Waals surface area contributed by atoms with Crippen LogP contribution in [0.5, 0.6) is 5.75 Å². The first kappa shape index (κ1) is 12.1. The van der Waals surface area contributed by atoms with Gasteiger partial charge in [0, 0.05) is 23.6 Å². The number of nitrogens with zero attached hydrogens (tertiary/aromatic N) is 3. The Labute approximate surface area is 109 Å². The fourth-order valence-corrected chi connectivity index (χ4v) is 1.73. The summed E-state index contributed by atoms with van der Waals surface area (Å²) in [4.78, 5) is 4.24. The number of halogens is 1. The highest BCUT2D eigenvalue weighted by molar-refractivity contribution is 9.08. The molecule has 2 aromatic heterocycles. The third-order valence-corrected chi connectivity index (χ3v) is 2.93. The summed E-state index contributed by atoms with van der Waals surface area (Å²) in [7, 11) is 0. The van der Waals surface area contributed by atoms with E-state index in [-0.39, 0.29) is 0 Å². The summed E-state index contributed by atoms with van der Waals surface area (Å²) in [5.74, 6) is 0.777. The number of pyridine rings is 1. The van der Waals surface area contributed by atoms with E-state index in [0.29, 0.717) is 6.61 Å². The van der Waals surface area contributed by atoms with Crippen molar-refractivity contribution in [1.29, 1.82) is 0 Å². The van der Waals surface area contributed by atoms with Gasteiger partial charge in [-0.15, -0.1) is 0 Å². The van der Waals surface area contributed by atoms with Crippen LogP contribution < -0.4 is 4.74 Å². The van der Waals surface area contributed by atoms with E-state index in [2.05, 4.69) is 32.9 Å². The van der Waals surface area contributed by atoms with Crippen LogP contribution in [0.2, 0.25) is 0 Å². The number of ether oxygens (including phenoxy) is 1. The van der Waals surface area contributed by atoms with Crippen LogP contribution in [-0.4, -0.2) is 14.8 Å². The molecule has 90 valence electrons. The topological polar surface area (TPSA) is 39.9 Å². The molecule has 0 atom stereocenters. The zero-order chi connectivity index (χ0) is 12.1. The van der Waals surface area contributed by atoms with Gasteiger partial charge in [0.1, 0.15) is 12.4 Å². The first-order valence-corrected chi connectivity index (χ1v) is 6.59. The van der Waals surface area contributed by atoms with Crippen LogP contribution >= 0.6 is 15.9 Å². The second-order valence-electron chi connectivity index (χ2n) is 3.61. The molecule has 4 nitrogen and oxygen atoms in total. The van der Waals surface area contributed by atoms with Crippen LogP contribution in [0.15, 0.2) is 30.7 Å². The van der Waals surface area contributed by atoms with Crippen molar-refractivity contribution in [2.24, 2.45) is 0 Å². The van der Waals surface area contributed by atoms with Crippen molar-refractivity contribution >= 4 is 15.9 Å². The summed E-state index contributed by atoms with van der Waals surface area (Å²) in [6, 6.07) is 3.87. The van der Waals surface area contributed by atoms with Crippen LogP contribution in [0.4, 0.5) is 0 Å². The highest BCUT2D eigenvalue weighted by Gasteiger charge is 2.00. The molecule has 2 aromatic rings. The van der Waals surface area contributed by atoms with Crippen LogP contribution in [0.1, 0.15) is 18.2 Å². The lowest BCUT2D eigenvalue weighted by Gasteiger charge is -2.04. The summed E-state index contributed by atoms with van der Waals surface area (Å²) in [5.41, 5.74) is 2.06. The van der Waals surface area contributed by atoms with E-state index >= 15 is 0 Å². The zero-order valence-corrected chi connectivity index (χ0v) is 11.2. The van der Waals surface area contributed by atoms with Gasteiger partial charge in [0.25, 0.3) is 0 Å². The lowest BCUT2D eigenvalue weighted by atomic mass is 10.3. The lowest BCUT2D eigenvalue weighted by molar-refractivity contribution is 0.304. The third-order valence-electron chi connectivity index (χ3n) is 2.35. The van der Waals surface area contributed by atoms with Gasteiger partial charge in [-0.3, -0.25) is 9.67 Å². The number of aryl methyl sites for hydroxylation is 1. The fourth-order valence-electron chi connectivity index (χ4n) is 1.40. The highest BCUT2D eigenvalue weighted by Crippen LogP contribution is 2.12. The monoisotopic (exact) mass is 295 g/mol. The molecule has 17 heavy (non-hydrogen) atoms. The number of aromatic nitrogens is 3. The maximum absolute atomic E-state index is 5.62. The van der Waals surface area contributed by atoms with Crippen molar-refractivity contribution in [1.82, 2.24) is 14.8 Å². The van der Waals surface area contributed by atoms with Crippen LogP contribution in [0.3, 0.4) is 0 Å². The number of hydrogen-bond acceptors (Lipinski definition) is 3. The van der Waals surface area contributed by atoms with Crippen molar-refractivity contribution < 1.29 is 4.74 Å². The minimum Gasteiger partial charge on any atom is -0.487 e. The van der Waals surface area contributed by atoms with Gasteiger partial charge in [-0.25, -0.2) is 0 Å². The predicted molar refractivity (Wildman–Crippen MR) is 69.1 cm³/mol. The van der Waals surface area contributed by atoms with Gasteiger partial charge >= 0.3 is 0 Å². The van der Waals surface area contributed by atoms with E-state index in [1.807, 2.05) is 29.2 Å². The molecule has 0 aromatic carbocycles. The molecule has 5 heteroatoms. The van der Waals surface area contributed by atoms with Crippen LogP contribution in [-0.2, 0) is 18.5 Å². The molecule has 0 saturated carbocycles. The average Bonchev–Trinajstić information content (AvgIpc) is 2.85. The molecular weight excluding hydrogens is 282 g/mol. The molecule has 0 amide bonds. The fraction of sp³-hybridized carbons (Fsp3) is 0.333. The lowest BCUT2D eigenvalue weighted by Crippen LogP contribution is -1.96. The third kappa shape index (κ3) is 3.30. The molecule has 0 aliphatic carbocycles. The Hall–Kier alpha value is -1.36. The van der Waals surface area contributed by atoms with E-state index in [9.17, 15) is 0 Å². The normalized spacial score (nSPS) is 10.5. The zero-order valence-electron chi connectivity index (χ0n) is 9.64. The maximum atomic E-state index is 5.62. The molecule has 0 spiro atoms. The Morgan fingerprint density at radius 3 is 2.82 bits per heavy atom. The molecular formula is C12H14BrN3O. The second-order valence-corrected chi connectivity index (χ2v) is 4.17. The maximum Gasteiger partial charge on any atom is 0.138 e. The van der Waals surface area contributed by atoms with Gasteiger partial charge in [-0.1, -0.05) is 15.9 Å². The Kier molecular flexibility index (Phi) is 4.14. The van der Waals surface area contributed by atoms with Crippen molar-refractivity contribution in [2.45, 2.75) is 25.4 Å². The van der Waals surface area contributed by atoms with E-state index in [1.165, 1.54) is 0 Å². The summed E-state index contributed by atoms with van der Waals surface area (Å²) in [6.45, 7) is 3.46. The van der Waals surface area contributed by atoms with E-state index in [0.717, 1.165) is 28.9 Å². The highest BCUT2D eigenvalue weighted by atomic mass is 79.9. The van der Waals surface area contributed by atoms with E-state index in [1.54, 1.807) is 6.20 Å². The Morgan fingerprint density at radius 1 is 1.35 bits per heavy atom. The molecule has 0 fully saturated rings. The van der Waals surface area contributed by atoms with Gasteiger partial charge in [-0.05, 0) is 19.1 Å². The van der Waals surface area contributed by atoms with Gasteiger partial charge in [-0.2, -0.15) is 5.10 Å². The van der Waals surface area contributed by atoms with Crippen molar-refractivity contribution in [2.75, 3.05) is 0 Å². The molecule has 0 bridgehead atoms. The van der Waals surface area contributed by atoms with E-state index < -0.39 is 0 Å². The average molecular weight is 296 g/mol. The second kappa shape index (κ2) is 5.82. The summed E-state index contributed by atoms with van der Waals surface area (Å²) in [6.07, 6.45) is 5.55. The largest absolute Gasteiger partial charge is 0.487 e. The molecule has 0 aliphatic rings. The number of alkyl halides is 1. The molecule has 0 radical (unpaired) electrons. The van der Waals surface area contributed by atoms with Gasteiger partial charge < -0.3 is 4.74 Å². The predicted octanol–water partition coefficient (Wildman–Crippen LogP) is 2.77. The van der Waals surface area contributed by atoms with Crippen LogP contribution in [0, 0.1) is 0 Å². The molecule has 0 saturated heterocycles. The quantitative estimate of drug-likeness (QED) is 0.797. The first-order valence-electron chi connectivity index (χ1n) is 5.47. The SMILES string of the molecule is CCn1cc(COc2ccc(CBr)nc2)cn1. The molecule has 0 unspecified atom stereocenters. The smallest absolute Gasteiger partial charge is 0.138 e. The Balaban J connectivity index is 1.92.